The van der Waals surface area contributed by atoms with Gasteiger partial charge in [-0.15, -0.1) is 5.10 Å². The van der Waals surface area contributed by atoms with Gasteiger partial charge in [0.15, 0.2) is 0 Å². The third kappa shape index (κ3) is 2.35. The molecule has 64 valence electrons. The molecule has 0 radical (unpaired) electrons. The molecule has 0 unspecified atom stereocenters. The quantitative estimate of drug-likeness (QED) is 0.619. The summed E-state index contributed by atoms with van der Waals surface area (Å²) in [5, 5.41) is 7.51. The van der Waals surface area contributed by atoms with Gasteiger partial charge in [-0.05, 0) is 19.1 Å². The molecule has 0 atom stereocenters. The summed E-state index contributed by atoms with van der Waals surface area (Å²) in [7, 11) is 0. The molecule has 0 aromatic carbocycles. The van der Waals surface area contributed by atoms with Gasteiger partial charge in [0.05, 0.1) is 5.69 Å². The van der Waals surface area contributed by atoms with Gasteiger partial charge in [-0.25, -0.2) is 0 Å². The largest absolute Gasteiger partial charge is 0.290 e. The lowest BCUT2D eigenvalue weighted by Crippen LogP contribution is -2.10. The average molecular weight is 294 g/mol. The monoisotopic (exact) mass is 292 g/mol. The smallest absolute Gasteiger partial charge is 0.207 e. The number of carbonyl (C=O) groups is 1. The second-order valence-corrected chi connectivity index (χ2v) is 5.29. The van der Waals surface area contributed by atoms with Crippen molar-refractivity contribution >= 4 is 37.6 Å². The van der Waals surface area contributed by atoms with E-state index in [1.807, 2.05) is 6.92 Å². The van der Waals surface area contributed by atoms with Crippen molar-refractivity contribution in [3.05, 3.63) is 23.5 Å². The van der Waals surface area contributed by atoms with Crippen LogP contribution in [0, 0.1) is 6.92 Å². The highest BCUT2D eigenvalue weighted by molar-refractivity contribution is 9.25. The van der Waals surface area contributed by atoms with E-state index in [1.54, 1.807) is 12.1 Å². The molecule has 0 N–H and O–H groups in total. The van der Waals surface area contributed by atoms with Crippen molar-refractivity contribution in [1.82, 2.24) is 10.2 Å². The van der Waals surface area contributed by atoms with Crippen molar-refractivity contribution in [3.63, 3.8) is 0 Å². The number of rotatable bonds is 2. The Morgan fingerprint density at radius 3 is 2.50 bits per heavy atom. The summed E-state index contributed by atoms with van der Waals surface area (Å²) in [6.45, 7) is 1.82. The third-order valence-corrected chi connectivity index (χ3v) is 2.08. The van der Waals surface area contributed by atoms with Crippen LogP contribution < -0.4 is 0 Å². The number of ketones is 1. The summed E-state index contributed by atoms with van der Waals surface area (Å²) in [5.41, 5.74) is 1.16. The van der Waals surface area contributed by atoms with Crippen molar-refractivity contribution in [3.8, 4) is 0 Å². The van der Waals surface area contributed by atoms with Gasteiger partial charge in [-0.3, -0.25) is 4.79 Å². The van der Waals surface area contributed by atoms with Gasteiger partial charge in [-0.1, -0.05) is 31.9 Å². The highest BCUT2D eigenvalue weighted by Gasteiger charge is 2.14. The predicted molar refractivity (Wildman–Crippen MR) is 52.7 cm³/mol. The summed E-state index contributed by atoms with van der Waals surface area (Å²) >= 11 is 6.19. The van der Waals surface area contributed by atoms with Crippen LogP contribution in [0.3, 0.4) is 0 Å². The molecule has 0 aliphatic carbocycles. The predicted octanol–water partition coefficient (Wildman–Crippen LogP) is 2.08. The lowest BCUT2D eigenvalue weighted by molar-refractivity contribution is 0.101. The summed E-state index contributed by atoms with van der Waals surface area (Å²) in [4.78, 5) is 11.3. The second-order valence-electron chi connectivity index (χ2n) is 2.22. The van der Waals surface area contributed by atoms with Crippen LogP contribution in [-0.2, 0) is 0 Å². The fourth-order valence-corrected chi connectivity index (χ4v) is 1.11. The molecule has 12 heavy (non-hydrogen) atoms. The number of hydrogen-bond acceptors (Lipinski definition) is 3. The number of aromatic nitrogens is 2. The number of hydrogen-bond donors (Lipinski definition) is 0. The van der Waals surface area contributed by atoms with Gasteiger partial charge >= 0.3 is 0 Å². The van der Waals surface area contributed by atoms with Crippen molar-refractivity contribution in [2.24, 2.45) is 0 Å². The molecule has 1 rings (SSSR count). The Hall–Kier alpha value is -0.290. The normalized spacial score (nSPS) is 10.3. The lowest BCUT2D eigenvalue weighted by Gasteiger charge is -1.98. The summed E-state index contributed by atoms with van der Waals surface area (Å²) in [6.07, 6.45) is 0. The molecule has 0 amide bonds. The minimum Gasteiger partial charge on any atom is -0.290 e. The molecule has 3 nitrogen and oxygen atoms in total. The minimum absolute atomic E-state index is 0.123. The zero-order valence-corrected chi connectivity index (χ0v) is 9.46. The summed E-state index contributed by atoms with van der Waals surface area (Å²) in [6, 6.07) is 3.41. The number of halogens is 2. The molecule has 1 heterocycles. The van der Waals surface area contributed by atoms with Gasteiger partial charge in [0.1, 0.15) is 9.43 Å². The Morgan fingerprint density at radius 2 is 2.08 bits per heavy atom. The van der Waals surface area contributed by atoms with Gasteiger partial charge in [0, 0.05) is 0 Å². The average Bonchev–Trinajstić information content (AvgIpc) is 2.04. The standard InChI is InChI=1S/C7H6Br2N2O/c1-4-2-3-5(11-10-4)6(12)7(8)9/h2-3,7H,1H3. The Labute approximate surface area is 86.8 Å². The first-order valence-corrected chi connectivity index (χ1v) is 5.07. The van der Waals surface area contributed by atoms with Gasteiger partial charge in [0.2, 0.25) is 5.78 Å². The Balaban J connectivity index is 2.90. The summed E-state index contributed by atoms with van der Waals surface area (Å²) in [5.74, 6) is -0.123. The number of alkyl halides is 2. The molecule has 0 fully saturated rings. The molecule has 0 aliphatic rings. The molecule has 0 aliphatic heterocycles. The van der Waals surface area contributed by atoms with E-state index in [4.69, 9.17) is 0 Å². The number of nitrogens with zero attached hydrogens (tertiary/aromatic N) is 2. The molecule has 0 bridgehead atoms. The molecule has 1 aromatic rings. The van der Waals surface area contributed by atoms with Crippen LogP contribution >= 0.6 is 31.9 Å². The zero-order valence-electron chi connectivity index (χ0n) is 6.29. The van der Waals surface area contributed by atoms with Gasteiger partial charge in [-0.2, -0.15) is 5.10 Å². The van der Waals surface area contributed by atoms with Crippen LogP contribution in [-0.4, -0.2) is 19.7 Å². The van der Waals surface area contributed by atoms with Crippen molar-refractivity contribution in [2.75, 3.05) is 0 Å². The van der Waals surface area contributed by atoms with E-state index in [-0.39, 0.29) is 9.52 Å². The maximum atomic E-state index is 11.3. The maximum Gasteiger partial charge on any atom is 0.207 e. The van der Waals surface area contributed by atoms with Crippen LogP contribution in [0.5, 0.6) is 0 Å². The van der Waals surface area contributed by atoms with Crippen molar-refractivity contribution < 1.29 is 4.79 Å². The first-order valence-electron chi connectivity index (χ1n) is 3.24. The van der Waals surface area contributed by atoms with Crippen molar-refractivity contribution in [1.29, 1.82) is 0 Å². The van der Waals surface area contributed by atoms with Gasteiger partial charge in [0.25, 0.3) is 0 Å². The van der Waals surface area contributed by atoms with E-state index in [1.165, 1.54) is 0 Å². The molecule has 5 heteroatoms. The van der Waals surface area contributed by atoms with Crippen molar-refractivity contribution in [2.45, 2.75) is 10.7 Å². The second kappa shape index (κ2) is 4.09. The first kappa shape index (κ1) is 9.80. The highest BCUT2D eigenvalue weighted by atomic mass is 79.9. The number of Topliss-reactive ketones (excluding diaryl/α,β-unsaturated/α-hetero) is 1. The Morgan fingerprint density at radius 1 is 1.42 bits per heavy atom. The summed E-state index contributed by atoms with van der Waals surface area (Å²) < 4.78 is -0.387. The number of aryl methyl sites for hydroxylation is 1. The van der Waals surface area contributed by atoms with E-state index >= 15 is 0 Å². The van der Waals surface area contributed by atoms with E-state index in [2.05, 4.69) is 42.1 Å². The maximum absolute atomic E-state index is 11.3. The molecular weight excluding hydrogens is 288 g/mol. The van der Waals surface area contributed by atoms with Crippen LogP contribution in [0.1, 0.15) is 16.2 Å². The van der Waals surface area contributed by atoms with E-state index in [9.17, 15) is 4.79 Å². The highest BCUT2D eigenvalue weighted by Crippen LogP contribution is 2.13. The van der Waals surface area contributed by atoms with Crippen LogP contribution in [0.4, 0.5) is 0 Å². The van der Waals surface area contributed by atoms with E-state index in [0.29, 0.717) is 5.69 Å². The number of carbonyl (C=O) groups excluding carboxylic acids is 1. The van der Waals surface area contributed by atoms with Crippen LogP contribution in [0.25, 0.3) is 0 Å². The zero-order chi connectivity index (χ0) is 9.14. The molecule has 1 aromatic heterocycles. The van der Waals surface area contributed by atoms with E-state index < -0.39 is 0 Å². The Kier molecular flexibility index (Phi) is 3.34. The Bertz CT molecular complexity index is 284. The molecule has 0 spiro atoms. The van der Waals surface area contributed by atoms with Crippen LogP contribution in [0.2, 0.25) is 0 Å². The molecular formula is C7H6Br2N2O. The fourth-order valence-electron chi connectivity index (χ4n) is 0.642. The van der Waals surface area contributed by atoms with Gasteiger partial charge < -0.3 is 0 Å². The minimum atomic E-state index is -0.387. The molecule has 0 saturated carbocycles. The molecule has 0 saturated heterocycles. The third-order valence-electron chi connectivity index (χ3n) is 1.25. The fraction of sp³-hybridized carbons (Fsp3) is 0.286. The van der Waals surface area contributed by atoms with E-state index in [0.717, 1.165) is 5.69 Å². The lowest BCUT2D eigenvalue weighted by atomic mass is 10.3. The topological polar surface area (TPSA) is 42.9 Å². The van der Waals surface area contributed by atoms with Crippen LogP contribution in [0.15, 0.2) is 12.1 Å². The first-order chi connectivity index (χ1) is 5.61. The SMILES string of the molecule is Cc1ccc(C(=O)C(Br)Br)nn1.